The summed E-state index contributed by atoms with van der Waals surface area (Å²) in [5.41, 5.74) is 2.02. The number of ether oxygens (including phenoxy) is 1. The van der Waals surface area contributed by atoms with Gasteiger partial charge in [0.25, 0.3) is 0 Å². The highest BCUT2D eigenvalue weighted by molar-refractivity contribution is 7.89. The third kappa shape index (κ3) is 6.96. The Hall–Kier alpha value is -2.22. The molecule has 3 rings (SSSR count). The largest absolute Gasteiger partial charge is 0.376 e. The van der Waals surface area contributed by atoms with Crippen LogP contribution >= 0.6 is 0 Å². The molecule has 2 aromatic carbocycles. The summed E-state index contributed by atoms with van der Waals surface area (Å²) in [5, 5.41) is 2.90. The Bertz CT molecular complexity index is 877. The van der Waals surface area contributed by atoms with Gasteiger partial charge >= 0.3 is 0 Å². The van der Waals surface area contributed by atoms with Crippen molar-refractivity contribution >= 4 is 15.9 Å². The lowest BCUT2D eigenvalue weighted by atomic mass is 10.1. The molecular formula is C22H28N2O4S. The van der Waals surface area contributed by atoms with Crippen LogP contribution in [0.4, 0.5) is 0 Å². The summed E-state index contributed by atoms with van der Waals surface area (Å²) in [7, 11) is -3.54. The van der Waals surface area contributed by atoms with Crippen molar-refractivity contribution in [2.75, 3.05) is 19.7 Å². The predicted molar refractivity (Wildman–Crippen MR) is 112 cm³/mol. The van der Waals surface area contributed by atoms with Crippen LogP contribution in [0.2, 0.25) is 0 Å². The average Bonchev–Trinajstić information content (AvgIpc) is 3.25. The minimum Gasteiger partial charge on any atom is -0.376 e. The highest BCUT2D eigenvalue weighted by Gasteiger charge is 2.16. The van der Waals surface area contributed by atoms with E-state index in [9.17, 15) is 13.2 Å². The molecule has 6 nitrogen and oxygen atoms in total. The van der Waals surface area contributed by atoms with E-state index in [4.69, 9.17) is 4.74 Å². The Labute approximate surface area is 172 Å². The lowest BCUT2D eigenvalue weighted by molar-refractivity contribution is -0.121. The first kappa shape index (κ1) is 21.5. The third-order valence-corrected chi connectivity index (χ3v) is 6.45. The molecule has 1 atom stereocenters. The van der Waals surface area contributed by atoms with E-state index in [0.717, 1.165) is 30.6 Å². The molecule has 0 aromatic heterocycles. The molecule has 0 aliphatic carbocycles. The summed E-state index contributed by atoms with van der Waals surface area (Å²) in [6.45, 7) is 1.68. The SMILES string of the molecule is O=C(CCc1ccc(S(=O)(=O)NCCc2ccccc2)cc1)NC[C@@H]1CCCO1. The van der Waals surface area contributed by atoms with E-state index in [1.54, 1.807) is 24.3 Å². The van der Waals surface area contributed by atoms with E-state index < -0.39 is 10.0 Å². The van der Waals surface area contributed by atoms with Gasteiger partial charge in [0.05, 0.1) is 11.0 Å². The van der Waals surface area contributed by atoms with Crippen molar-refractivity contribution in [1.82, 2.24) is 10.0 Å². The Morgan fingerprint density at radius 3 is 2.41 bits per heavy atom. The number of carbonyl (C=O) groups is 1. The van der Waals surface area contributed by atoms with Crippen molar-refractivity contribution in [2.24, 2.45) is 0 Å². The Kier molecular flexibility index (Phi) is 7.80. The Balaban J connectivity index is 1.42. The van der Waals surface area contributed by atoms with E-state index in [2.05, 4.69) is 10.0 Å². The molecule has 2 N–H and O–H groups in total. The third-order valence-electron chi connectivity index (χ3n) is 4.97. The number of sulfonamides is 1. The quantitative estimate of drug-likeness (QED) is 0.623. The molecule has 29 heavy (non-hydrogen) atoms. The van der Waals surface area contributed by atoms with Gasteiger partial charge in [0, 0.05) is 26.1 Å². The zero-order valence-corrected chi connectivity index (χ0v) is 17.3. The monoisotopic (exact) mass is 416 g/mol. The molecule has 1 fully saturated rings. The summed E-state index contributed by atoms with van der Waals surface area (Å²) in [6.07, 6.45) is 3.76. The van der Waals surface area contributed by atoms with Crippen molar-refractivity contribution in [1.29, 1.82) is 0 Å². The molecule has 0 radical (unpaired) electrons. The predicted octanol–water partition coefficient (Wildman–Crippen LogP) is 2.44. The number of hydrogen-bond acceptors (Lipinski definition) is 4. The maximum absolute atomic E-state index is 12.4. The minimum atomic E-state index is -3.54. The van der Waals surface area contributed by atoms with Crippen LogP contribution < -0.4 is 10.0 Å². The van der Waals surface area contributed by atoms with Gasteiger partial charge in [-0.05, 0) is 48.9 Å². The fraction of sp³-hybridized carbons (Fsp3) is 0.409. The van der Waals surface area contributed by atoms with Gasteiger partial charge in [0.2, 0.25) is 15.9 Å². The van der Waals surface area contributed by atoms with E-state index >= 15 is 0 Å². The fourth-order valence-electron chi connectivity index (χ4n) is 3.27. The second kappa shape index (κ2) is 10.5. The number of carbonyl (C=O) groups excluding carboxylic acids is 1. The zero-order valence-electron chi connectivity index (χ0n) is 16.5. The maximum atomic E-state index is 12.4. The number of aryl methyl sites for hydroxylation is 1. The number of rotatable bonds is 10. The zero-order chi connectivity index (χ0) is 20.5. The van der Waals surface area contributed by atoms with Gasteiger partial charge in [0.1, 0.15) is 0 Å². The Morgan fingerprint density at radius 2 is 1.72 bits per heavy atom. The van der Waals surface area contributed by atoms with E-state index in [0.29, 0.717) is 32.4 Å². The fourth-order valence-corrected chi connectivity index (χ4v) is 4.30. The highest BCUT2D eigenvalue weighted by atomic mass is 32.2. The first-order valence-electron chi connectivity index (χ1n) is 10.0. The van der Waals surface area contributed by atoms with Crippen LogP contribution in [0.5, 0.6) is 0 Å². The molecule has 156 valence electrons. The molecule has 1 saturated heterocycles. The molecule has 7 heteroatoms. The number of hydrogen-bond donors (Lipinski definition) is 2. The van der Waals surface area contributed by atoms with E-state index in [1.807, 2.05) is 30.3 Å². The maximum Gasteiger partial charge on any atom is 0.240 e. The Morgan fingerprint density at radius 1 is 1.00 bits per heavy atom. The van der Waals surface area contributed by atoms with Crippen molar-refractivity contribution in [2.45, 2.75) is 43.1 Å². The van der Waals surface area contributed by atoms with Crippen LogP contribution in [0.25, 0.3) is 0 Å². The average molecular weight is 417 g/mol. The van der Waals surface area contributed by atoms with Crippen LogP contribution in [0.1, 0.15) is 30.4 Å². The van der Waals surface area contributed by atoms with Crippen LogP contribution in [0, 0.1) is 0 Å². The highest BCUT2D eigenvalue weighted by Crippen LogP contribution is 2.13. The molecule has 1 aliphatic rings. The smallest absolute Gasteiger partial charge is 0.240 e. The summed E-state index contributed by atoms with van der Waals surface area (Å²) < 4.78 is 33.0. The molecule has 2 aromatic rings. The summed E-state index contributed by atoms with van der Waals surface area (Å²) in [4.78, 5) is 12.2. The second-order valence-corrected chi connectivity index (χ2v) is 8.98. The van der Waals surface area contributed by atoms with Gasteiger partial charge in [-0.1, -0.05) is 42.5 Å². The van der Waals surface area contributed by atoms with E-state index in [1.165, 1.54) is 0 Å². The first-order chi connectivity index (χ1) is 14.0. The number of nitrogens with one attached hydrogen (secondary N) is 2. The molecule has 0 unspecified atom stereocenters. The van der Waals surface area contributed by atoms with Gasteiger partial charge in [-0.15, -0.1) is 0 Å². The summed E-state index contributed by atoms with van der Waals surface area (Å²) >= 11 is 0. The van der Waals surface area contributed by atoms with E-state index in [-0.39, 0.29) is 16.9 Å². The van der Waals surface area contributed by atoms with Crippen molar-refractivity contribution in [3.8, 4) is 0 Å². The van der Waals surface area contributed by atoms with Crippen LogP contribution in [-0.4, -0.2) is 40.1 Å². The standard InChI is InChI=1S/C22H28N2O4S/c25-22(23-17-20-7-4-16-28-20)13-10-19-8-11-21(12-9-19)29(26,27)24-15-14-18-5-2-1-3-6-18/h1-3,5-6,8-9,11-12,20,24H,4,7,10,13-17H2,(H,23,25)/t20-/m0/s1. The van der Waals surface area contributed by atoms with Gasteiger partial charge < -0.3 is 10.1 Å². The second-order valence-electron chi connectivity index (χ2n) is 7.22. The number of benzene rings is 2. The van der Waals surface area contributed by atoms with Crippen molar-refractivity contribution in [3.05, 3.63) is 65.7 Å². The van der Waals surface area contributed by atoms with Gasteiger partial charge in [-0.2, -0.15) is 0 Å². The number of amides is 1. The topological polar surface area (TPSA) is 84.5 Å². The molecule has 1 amide bonds. The lowest BCUT2D eigenvalue weighted by Crippen LogP contribution is -2.31. The van der Waals surface area contributed by atoms with Gasteiger partial charge in [-0.3, -0.25) is 4.79 Å². The van der Waals surface area contributed by atoms with Gasteiger partial charge in [0.15, 0.2) is 0 Å². The van der Waals surface area contributed by atoms with Crippen LogP contribution in [0.3, 0.4) is 0 Å². The summed E-state index contributed by atoms with van der Waals surface area (Å²) in [6, 6.07) is 16.5. The minimum absolute atomic E-state index is 0.0141. The molecule has 1 heterocycles. The normalized spacial score (nSPS) is 16.6. The van der Waals surface area contributed by atoms with Crippen molar-refractivity contribution in [3.63, 3.8) is 0 Å². The van der Waals surface area contributed by atoms with Crippen molar-refractivity contribution < 1.29 is 17.9 Å². The first-order valence-corrected chi connectivity index (χ1v) is 11.5. The van der Waals surface area contributed by atoms with Crippen LogP contribution in [0.15, 0.2) is 59.5 Å². The molecule has 0 spiro atoms. The molecular weight excluding hydrogens is 388 g/mol. The van der Waals surface area contributed by atoms with Gasteiger partial charge in [-0.25, -0.2) is 13.1 Å². The molecule has 0 saturated carbocycles. The molecule has 1 aliphatic heterocycles. The lowest BCUT2D eigenvalue weighted by Gasteiger charge is -2.11. The van der Waals surface area contributed by atoms with Crippen LogP contribution in [-0.2, 0) is 32.4 Å². The summed E-state index contributed by atoms with van der Waals surface area (Å²) in [5.74, 6) is -0.0141. The molecule has 0 bridgehead atoms.